The number of para-hydroxylation sites is 1. The highest BCUT2D eigenvalue weighted by atomic mass is 16.5. The Morgan fingerprint density at radius 3 is 2.65 bits per heavy atom. The minimum Gasteiger partial charge on any atom is -0.493 e. The summed E-state index contributed by atoms with van der Waals surface area (Å²) in [6, 6.07) is 8.82. The average Bonchev–Trinajstić information content (AvgIpc) is 3.50. The summed E-state index contributed by atoms with van der Waals surface area (Å²) in [5.74, 6) is 2.65. The number of hydrogen-bond acceptors (Lipinski definition) is 3. The predicted octanol–water partition coefficient (Wildman–Crippen LogP) is 3.01. The first-order chi connectivity index (χ1) is 12.8. The highest BCUT2D eigenvalue weighted by molar-refractivity contribution is 5.80. The Balaban J connectivity index is 1.45. The van der Waals surface area contributed by atoms with Crippen LogP contribution in [0.5, 0.6) is 5.75 Å². The molecule has 0 spiro atoms. The van der Waals surface area contributed by atoms with E-state index in [-0.39, 0.29) is 0 Å². The maximum atomic E-state index is 6.01. The van der Waals surface area contributed by atoms with Crippen molar-refractivity contribution in [3.05, 3.63) is 29.8 Å². The van der Waals surface area contributed by atoms with Crippen molar-refractivity contribution in [2.45, 2.75) is 51.6 Å². The standard InChI is InChI=1S/C21H34N4O/c1-3-12-25-13-10-19(11-14-25)24-21(22-2)23-15-18-6-4-5-7-20(18)26-16-17-8-9-17/h4-7,17,19H,3,8-16H2,1-2H3,(H2,22,23,24). The Morgan fingerprint density at radius 2 is 1.96 bits per heavy atom. The number of guanidine groups is 1. The van der Waals surface area contributed by atoms with E-state index in [1.54, 1.807) is 0 Å². The van der Waals surface area contributed by atoms with Gasteiger partial charge >= 0.3 is 0 Å². The molecule has 0 bridgehead atoms. The van der Waals surface area contributed by atoms with Crippen molar-refractivity contribution in [3.8, 4) is 5.75 Å². The lowest BCUT2D eigenvalue weighted by atomic mass is 10.1. The zero-order valence-electron chi connectivity index (χ0n) is 16.3. The molecule has 1 saturated carbocycles. The van der Waals surface area contributed by atoms with Gasteiger partial charge in [-0.1, -0.05) is 25.1 Å². The summed E-state index contributed by atoms with van der Waals surface area (Å²) >= 11 is 0. The molecule has 1 aromatic carbocycles. The molecule has 1 heterocycles. The highest BCUT2D eigenvalue weighted by Gasteiger charge is 2.22. The Labute approximate surface area is 158 Å². The smallest absolute Gasteiger partial charge is 0.191 e. The van der Waals surface area contributed by atoms with Gasteiger partial charge in [0, 0.05) is 38.3 Å². The summed E-state index contributed by atoms with van der Waals surface area (Å²) in [6.07, 6.45) is 6.23. The Kier molecular flexibility index (Phi) is 7.18. The van der Waals surface area contributed by atoms with Gasteiger partial charge in [-0.3, -0.25) is 4.99 Å². The monoisotopic (exact) mass is 358 g/mol. The fourth-order valence-corrected chi connectivity index (χ4v) is 3.47. The molecule has 3 rings (SSSR count). The topological polar surface area (TPSA) is 48.9 Å². The Hall–Kier alpha value is -1.75. The molecule has 2 N–H and O–H groups in total. The molecule has 1 aromatic rings. The zero-order valence-corrected chi connectivity index (χ0v) is 16.3. The molecule has 2 fully saturated rings. The first-order valence-electron chi connectivity index (χ1n) is 10.2. The molecule has 0 radical (unpaired) electrons. The van der Waals surface area contributed by atoms with Crippen molar-refractivity contribution in [3.63, 3.8) is 0 Å². The first-order valence-corrected chi connectivity index (χ1v) is 10.2. The van der Waals surface area contributed by atoms with Gasteiger partial charge in [0.25, 0.3) is 0 Å². The minimum atomic E-state index is 0.510. The number of hydrogen-bond donors (Lipinski definition) is 2. The molecule has 26 heavy (non-hydrogen) atoms. The third-order valence-corrected chi connectivity index (χ3v) is 5.28. The Morgan fingerprint density at radius 1 is 1.19 bits per heavy atom. The van der Waals surface area contributed by atoms with Gasteiger partial charge in [-0.05, 0) is 50.6 Å². The van der Waals surface area contributed by atoms with Crippen LogP contribution < -0.4 is 15.4 Å². The van der Waals surface area contributed by atoms with Crippen LogP contribution in [0.15, 0.2) is 29.3 Å². The van der Waals surface area contributed by atoms with Crippen LogP contribution in [0.1, 0.15) is 44.6 Å². The summed E-state index contributed by atoms with van der Waals surface area (Å²) < 4.78 is 6.01. The lowest BCUT2D eigenvalue weighted by Gasteiger charge is -2.32. The van der Waals surface area contributed by atoms with E-state index >= 15 is 0 Å². The number of likely N-dealkylation sites (tertiary alicyclic amines) is 1. The molecule has 1 saturated heterocycles. The van der Waals surface area contributed by atoms with Crippen molar-refractivity contribution in [2.75, 3.05) is 33.3 Å². The molecule has 1 aliphatic heterocycles. The predicted molar refractivity (Wildman–Crippen MR) is 108 cm³/mol. The quantitative estimate of drug-likeness (QED) is 0.554. The fourth-order valence-electron chi connectivity index (χ4n) is 3.47. The van der Waals surface area contributed by atoms with Gasteiger partial charge in [-0.2, -0.15) is 0 Å². The second kappa shape index (κ2) is 9.81. The van der Waals surface area contributed by atoms with Crippen LogP contribution in [-0.4, -0.2) is 50.2 Å². The second-order valence-corrected chi connectivity index (χ2v) is 7.55. The molecule has 144 valence electrons. The maximum Gasteiger partial charge on any atom is 0.191 e. The van der Waals surface area contributed by atoms with Gasteiger partial charge in [-0.15, -0.1) is 0 Å². The molecule has 0 amide bonds. The third-order valence-electron chi connectivity index (χ3n) is 5.28. The molecular formula is C21H34N4O. The SMILES string of the molecule is CCCN1CCC(NC(=NC)NCc2ccccc2OCC2CC2)CC1. The van der Waals surface area contributed by atoms with E-state index in [9.17, 15) is 0 Å². The van der Waals surface area contributed by atoms with Crippen LogP contribution in [0.25, 0.3) is 0 Å². The highest BCUT2D eigenvalue weighted by Crippen LogP contribution is 2.30. The summed E-state index contributed by atoms with van der Waals surface area (Å²) in [4.78, 5) is 6.96. The van der Waals surface area contributed by atoms with E-state index in [4.69, 9.17) is 4.74 Å². The number of benzene rings is 1. The Bertz CT molecular complexity index is 577. The van der Waals surface area contributed by atoms with Crippen molar-refractivity contribution in [2.24, 2.45) is 10.9 Å². The number of ether oxygens (including phenoxy) is 1. The molecule has 2 aliphatic rings. The van der Waals surface area contributed by atoms with Crippen LogP contribution in [0.3, 0.4) is 0 Å². The summed E-state index contributed by atoms with van der Waals surface area (Å²) in [6.45, 7) is 7.41. The van der Waals surface area contributed by atoms with Crippen LogP contribution >= 0.6 is 0 Å². The lowest BCUT2D eigenvalue weighted by Crippen LogP contribution is -2.48. The van der Waals surface area contributed by atoms with E-state index < -0.39 is 0 Å². The number of nitrogens with one attached hydrogen (secondary N) is 2. The molecule has 1 aliphatic carbocycles. The van der Waals surface area contributed by atoms with Crippen LogP contribution in [0, 0.1) is 5.92 Å². The zero-order chi connectivity index (χ0) is 18.2. The molecular weight excluding hydrogens is 324 g/mol. The van der Waals surface area contributed by atoms with Gasteiger partial charge in [0.2, 0.25) is 0 Å². The van der Waals surface area contributed by atoms with Crippen molar-refractivity contribution in [1.29, 1.82) is 0 Å². The minimum absolute atomic E-state index is 0.510. The van der Waals surface area contributed by atoms with E-state index in [1.165, 1.54) is 57.3 Å². The van der Waals surface area contributed by atoms with Crippen molar-refractivity contribution in [1.82, 2.24) is 15.5 Å². The summed E-state index contributed by atoms with van der Waals surface area (Å²) in [5, 5.41) is 7.05. The number of piperidine rings is 1. The summed E-state index contributed by atoms with van der Waals surface area (Å²) in [5.41, 5.74) is 1.19. The average molecular weight is 359 g/mol. The van der Waals surface area contributed by atoms with Gasteiger partial charge < -0.3 is 20.3 Å². The number of rotatable bonds is 8. The van der Waals surface area contributed by atoms with E-state index in [2.05, 4.69) is 45.6 Å². The van der Waals surface area contributed by atoms with Crippen molar-refractivity contribution >= 4 is 5.96 Å². The van der Waals surface area contributed by atoms with Gasteiger partial charge in [0.05, 0.1) is 6.61 Å². The third kappa shape index (κ3) is 5.90. The van der Waals surface area contributed by atoms with Crippen LogP contribution in [-0.2, 0) is 6.54 Å². The normalized spacial score (nSPS) is 19.4. The first kappa shape index (κ1) is 19.0. The van der Waals surface area contributed by atoms with Crippen LogP contribution in [0.2, 0.25) is 0 Å². The molecule has 0 unspecified atom stereocenters. The van der Waals surface area contributed by atoms with Gasteiger partial charge in [0.1, 0.15) is 5.75 Å². The van der Waals surface area contributed by atoms with Gasteiger partial charge in [-0.25, -0.2) is 0 Å². The van der Waals surface area contributed by atoms with E-state index in [0.717, 1.165) is 30.8 Å². The largest absolute Gasteiger partial charge is 0.493 e. The van der Waals surface area contributed by atoms with E-state index in [0.29, 0.717) is 6.04 Å². The number of nitrogens with zero attached hydrogens (tertiary/aromatic N) is 2. The van der Waals surface area contributed by atoms with Crippen LogP contribution in [0.4, 0.5) is 0 Å². The van der Waals surface area contributed by atoms with Gasteiger partial charge in [0.15, 0.2) is 5.96 Å². The molecule has 5 nitrogen and oxygen atoms in total. The molecule has 5 heteroatoms. The van der Waals surface area contributed by atoms with Crippen molar-refractivity contribution < 1.29 is 4.74 Å². The lowest BCUT2D eigenvalue weighted by molar-refractivity contribution is 0.206. The maximum absolute atomic E-state index is 6.01. The molecule has 0 atom stereocenters. The van der Waals surface area contributed by atoms with E-state index in [1.807, 2.05) is 13.1 Å². The fraction of sp³-hybridized carbons (Fsp3) is 0.667. The summed E-state index contributed by atoms with van der Waals surface area (Å²) in [7, 11) is 1.84. The molecule has 0 aromatic heterocycles. The second-order valence-electron chi connectivity index (χ2n) is 7.55. The number of aliphatic imine (C=N–C) groups is 1.